The summed E-state index contributed by atoms with van der Waals surface area (Å²) < 4.78 is 12.8. The van der Waals surface area contributed by atoms with Crippen LogP contribution in [0.5, 0.6) is 0 Å². The summed E-state index contributed by atoms with van der Waals surface area (Å²) in [4.78, 5) is 14.9. The maximum Gasteiger partial charge on any atom is 0.245 e. The second kappa shape index (κ2) is 6.16. The molecule has 0 fully saturated rings. The van der Waals surface area contributed by atoms with E-state index in [4.69, 9.17) is 5.73 Å². The van der Waals surface area contributed by atoms with Crippen molar-refractivity contribution in [3.63, 3.8) is 0 Å². The van der Waals surface area contributed by atoms with Gasteiger partial charge in [-0.25, -0.2) is 4.39 Å². The minimum Gasteiger partial charge on any atom is -0.387 e. The van der Waals surface area contributed by atoms with Gasteiger partial charge in [0.25, 0.3) is 0 Å². The van der Waals surface area contributed by atoms with Gasteiger partial charge in [0, 0.05) is 0 Å². The Morgan fingerprint density at radius 2 is 2.38 bits per heavy atom. The number of aliphatic hydroxyl groups is 1. The number of halogens is 1. The zero-order valence-corrected chi connectivity index (χ0v) is 8.52. The predicted molar refractivity (Wildman–Crippen MR) is 54.5 cm³/mol. The molecule has 16 heavy (non-hydrogen) atoms. The van der Waals surface area contributed by atoms with Crippen LogP contribution in [0.25, 0.3) is 0 Å². The molecule has 1 unspecified atom stereocenters. The number of benzene rings is 1. The summed E-state index contributed by atoms with van der Waals surface area (Å²) in [5.74, 6) is -1.04. The summed E-state index contributed by atoms with van der Waals surface area (Å²) in [6, 6.07) is 5.59. The van der Waals surface area contributed by atoms with Crippen molar-refractivity contribution in [1.82, 2.24) is 5.48 Å². The van der Waals surface area contributed by atoms with Gasteiger partial charge in [-0.05, 0) is 17.7 Å². The number of carbonyl (C=O) groups excluding carboxylic acids is 1. The van der Waals surface area contributed by atoms with Gasteiger partial charge in [-0.3, -0.25) is 9.63 Å². The first-order valence-electron chi connectivity index (χ1n) is 4.66. The number of nitrogens with two attached hydrogens (primary N) is 1. The van der Waals surface area contributed by atoms with Crippen LogP contribution in [0.3, 0.4) is 0 Å². The van der Waals surface area contributed by atoms with Gasteiger partial charge in [0.05, 0.1) is 12.6 Å². The Kier molecular flexibility index (Phi) is 4.84. The number of primary amides is 1. The number of nitrogens with one attached hydrogen (secondary N) is 1. The molecule has 0 bridgehead atoms. The zero-order valence-electron chi connectivity index (χ0n) is 8.52. The highest BCUT2D eigenvalue weighted by Crippen LogP contribution is 2.12. The van der Waals surface area contributed by atoms with E-state index in [1.165, 1.54) is 18.2 Å². The van der Waals surface area contributed by atoms with E-state index in [0.717, 1.165) is 0 Å². The van der Waals surface area contributed by atoms with Crippen molar-refractivity contribution in [2.24, 2.45) is 5.73 Å². The molecule has 1 aromatic carbocycles. The van der Waals surface area contributed by atoms with E-state index in [0.29, 0.717) is 5.56 Å². The van der Waals surface area contributed by atoms with Gasteiger partial charge in [-0.2, -0.15) is 5.48 Å². The average Bonchev–Trinajstić information content (AvgIpc) is 2.24. The smallest absolute Gasteiger partial charge is 0.245 e. The van der Waals surface area contributed by atoms with Crippen LogP contribution < -0.4 is 11.2 Å². The highest BCUT2D eigenvalue weighted by Gasteiger charge is 2.07. The van der Waals surface area contributed by atoms with Crippen molar-refractivity contribution >= 4 is 5.91 Å². The van der Waals surface area contributed by atoms with Crippen molar-refractivity contribution in [1.29, 1.82) is 0 Å². The van der Waals surface area contributed by atoms with Gasteiger partial charge in [0.2, 0.25) is 5.91 Å². The Morgan fingerprint density at radius 3 is 3.00 bits per heavy atom. The number of rotatable bonds is 6. The second-order valence-electron chi connectivity index (χ2n) is 3.17. The van der Waals surface area contributed by atoms with Crippen molar-refractivity contribution in [3.8, 4) is 0 Å². The normalized spacial score (nSPS) is 12.4. The first kappa shape index (κ1) is 12.6. The van der Waals surface area contributed by atoms with E-state index in [-0.39, 0.29) is 13.2 Å². The van der Waals surface area contributed by atoms with Crippen molar-refractivity contribution < 1.29 is 19.1 Å². The summed E-state index contributed by atoms with van der Waals surface area (Å²) >= 11 is 0. The maximum atomic E-state index is 12.8. The van der Waals surface area contributed by atoms with Gasteiger partial charge >= 0.3 is 0 Å². The molecular weight excluding hydrogens is 215 g/mol. The Hall–Kier alpha value is -1.50. The Balaban J connectivity index is 2.35. The topological polar surface area (TPSA) is 84.6 Å². The second-order valence-corrected chi connectivity index (χ2v) is 3.17. The standard InChI is InChI=1S/C10H13FN2O3/c11-8-3-1-2-7(4-8)9(14)5-13-16-6-10(12)15/h1-4,9,13-14H,5-6H2,(H2,12,15). The Bertz CT molecular complexity index is 360. The molecule has 0 saturated carbocycles. The van der Waals surface area contributed by atoms with Gasteiger partial charge in [0.1, 0.15) is 12.4 Å². The summed E-state index contributed by atoms with van der Waals surface area (Å²) in [7, 11) is 0. The Labute approximate surface area is 92.0 Å². The molecule has 0 aliphatic heterocycles. The fourth-order valence-corrected chi connectivity index (χ4v) is 1.09. The molecule has 6 heteroatoms. The SMILES string of the molecule is NC(=O)CONCC(O)c1cccc(F)c1. The summed E-state index contributed by atoms with van der Waals surface area (Å²) in [6.07, 6.45) is -0.913. The molecule has 1 aromatic rings. The lowest BCUT2D eigenvalue weighted by Gasteiger charge is -2.11. The fourth-order valence-electron chi connectivity index (χ4n) is 1.09. The number of hydrogen-bond donors (Lipinski definition) is 3. The maximum absolute atomic E-state index is 12.8. The van der Waals surface area contributed by atoms with Crippen LogP contribution in [-0.2, 0) is 9.63 Å². The number of aliphatic hydroxyl groups excluding tert-OH is 1. The van der Waals surface area contributed by atoms with E-state index >= 15 is 0 Å². The van der Waals surface area contributed by atoms with Crippen LogP contribution in [0.2, 0.25) is 0 Å². The average molecular weight is 228 g/mol. The van der Waals surface area contributed by atoms with Crippen molar-refractivity contribution in [2.45, 2.75) is 6.10 Å². The van der Waals surface area contributed by atoms with Crippen LogP contribution in [-0.4, -0.2) is 24.2 Å². The number of amides is 1. The molecule has 0 aromatic heterocycles. The molecule has 0 aliphatic rings. The largest absolute Gasteiger partial charge is 0.387 e. The molecule has 5 nitrogen and oxygen atoms in total. The Morgan fingerprint density at radius 1 is 1.62 bits per heavy atom. The lowest BCUT2D eigenvalue weighted by atomic mass is 10.1. The monoisotopic (exact) mass is 228 g/mol. The predicted octanol–water partition coefficient (Wildman–Crippen LogP) is -0.134. The third-order valence-corrected chi connectivity index (χ3v) is 1.83. The number of hydroxylamine groups is 1. The highest BCUT2D eigenvalue weighted by atomic mass is 19.1. The lowest BCUT2D eigenvalue weighted by molar-refractivity contribution is -0.125. The minimum absolute atomic E-state index is 0.0384. The molecule has 0 heterocycles. The van der Waals surface area contributed by atoms with E-state index in [2.05, 4.69) is 10.3 Å². The zero-order chi connectivity index (χ0) is 12.0. The fraction of sp³-hybridized carbons (Fsp3) is 0.300. The molecular formula is C10H13FN2O3. The molecule has 88 valence electrons. The molecule has 0 spiro atoms. The van der Waals surface area contributed by atoms with Crippen molar-refractivity contribution in [2.75, 3.05) is 13.2 Å². The van der Waals surface area contributed by atoms with E-state index in [1.807, 2.05) is 0 Å². The highest BCUT2D eigenvalue weighted by molar-refractivity contribution is 5.74. The van der Waals surface area contributed by atoms with Crippen LogP contribution >= 0.6 is 0 Å². The minimum atomic E-state index is -0.913. The molecule has 1 amide bonds. The lowest BCUT2D eigenvalue weighted by Crippen LogP contribution is -2.27. The molecule has 0 aliphatic carbocycles. The van der Waals surface area contributed by atoms with Crippen LogP contribution in [0, 0.1) is 5.82 Å². The summed E-state index contributed by atoms with van der Waals surface area (Å²) in [5, 5.41) is 9.58. The first-order chi connectivity index (χ1) is 7.59. The van der Waals surface area contributed by atoms with Crippen molar-refractivity contribution in [3.05, 3.63) is 35.6 Å². The first-order valence-corrected chi connectivity index (χ1v) is 4.66. The quantitative estimate of drug-likeness (QED) is 0.467. The van der Waals surface area contributed by atoms with E-state index < -0.39 is 17.8 Å². The summed E-state index contributed by atoms with van der Waals surface area (Å²) in [5.41, 5.74) is 7.61. The summed E-state index contributed by atoms with van der Waals surface area (Å²) in [6.45, 7) is -0.243. The van der Waals surface area contributed by atoms with Gasteiger partial charge < -0.3 is 10.8 Å². The number of carbonyl (C=O) groups is 1. The molecule has 1 atom stereocenters. The van der Waals surface area contributed by atoms with Crippen LogP contribution in [0.4, 0.5) is 4.39 Å². The van der Waals surface area contributed by atoms with Gasteiger partial charge in [-0.1, -0.05) is 12.1 Å². The van der Waals surface area contributed by atoms with E-state index in [9.17, 15) is 14.3 Å². The number of hydrogen-bond acceptors (Lipinski definition) is 4. The molecule has 4 N–H and O–H groups in total. The molecule has 0 saturated heterocycles. The van der Waals surface area contributed by atoms with Crippen LogP contribution in [0.1, 0.15) is 11.7 Å². The van der Waals surface area contributed by atoms with Gasteiger partial charge in [-0.15, -0.1) is 0 Å². The van der Waals surface area contributed by atoms with E-state index in [1.54, 1.807) is 6.07 Å². The van der Waals surface area contributed by atoms with Crippen LogP contribution in [0.15, 0.2) is 24.3 Å². The van der Waals surface area contributed by atoms with Gasteiger partial charge in [0.15, 0.2) is 0 Å². The third kappa shape index (κ3) is 4.35. The molecule has 0 radical (unpaired) electrons. The third-order valence-electron chi connectivity index (χ3n) is 1.83. The molecule has 1 rings (SSSR count).